The van der Waals surface area contributed by atoms with Crippen LogP contribution < -0.4 is 5.32 Å². The van der Waals surface area contributed by atoms with E-state index in [0.29, 0.717) is 12.0 Å². The topological polar surface area (TPSA) is 24.4 Å². The minimum atomic E-state index is 0.586. The molecule has 0 saturated carbocycles. The van der Waals surface area contributed by atoms with E-state index in [2.05, 4.69) is 50.4 Å². The van der Waals surface area contributed by atoms with Crippen molar-refractivity contribution in [2.75, 3.05) is 5.75 Å². The molecule has 0 spiro atoms. The van der Waals surface area contributed by atoms with Crippen LogP contribution in [0.4, 0.5) is 0 Å². The molecule has 0 aromatic heterocycles. The first kappa shape index (κ1) is 13.5. The summed E-state index contributed by atoms with van der Waals surface area (Å²) in [6.07, 6.45) is 1.24. The van der Waals surface area contributed by atoms with E-state index < -0.39 is 0 Å². The van der Waals surface area contributed by atoms with Gasteiger partial charge in [-0.05, 0) is 24.8 Å². The van der Waals surface area contributed by atoms with E-state index >= 15 is 0 Å². The Bertz CT molecular complexity index is 426. The smallest absolute Gasteiger partial charge is 0.157 e. The molecule has 0 radical (unpaired) electrons. The molecule has 18 heavy (non-hydrogen) atoms. The molecule has 1 saturated heterocycles. The summed E-state index contributed by atoms with van der Waals surface area (Å²) in [7, 11) is 0. The molecule has 1 aliphatic heterocycles. The van der Waals surface area contributed by atoms with Crippen LogP contribution in [0.3, 0.4) is 0 Å². The van der Waals surface area contributed by atoms with Crippen molar-refractivity contribution in [1.29, 1.82) is 0 Å². The average Bonchev–Trinajstić information content (AvgIpc) is 2.37. The van der Waals surface area contributed by atoms with Gasteiger partial charge in [0.25, 0.3) is 0 Å². The van der Waals surface area contributed by atoms with Gasteiger partial charge in [-0.1, -0.05) is 55.4 Å². The van der Waals surface area contributed by atoms with Gasteiger partial charge in [0.2, 0.25) is 0 Å². The Kier molecular flexibility index (Phi) is 4.70. The van der Waals surface area contributed by atoms with Crippen molar-refractivity contribution in [3.63, 3.8) is 0 Å². The number of hydrogen-bond donors (Lipinski definition) is 1. The molecule has 3 heteroatoms. The number of nitrogens with zero attached hydrogens (tertiary/aromatic N) is 1. The van der Waals surface area contributed by atoms with Gasteiger partial charge < -0.3 is 5.32 Å². The lowest BCUT2D eigenvalue weighted by molar-refractivity contribution is 0.442. The number of aliphatic imine (C=N–C) groups is 1. The summed E-state index contributed by atoms with van der Waals surface area (Å²) in [4.78, 5) is 4.70. The maximum Gasteiger partial charge on any atom is 0.157 e. The Hall–Kier alpha value is -0.960. The van der Waals surface area contributed by atoms with Crippen molar-refractivity contribution in [2.24, 2.45) is 10.9 Å². The van der Waals surface area contributed by atoms with Crippen LogP contribution in [0, 0.1) is 12.8 Å². The van der Waals surface area contributed by atoms with E-state index in [4.69, 9.17) is 4.99 Å². The molecular formula is C15H22N2S. The Labute approximate surface area is 114 Å². The van der Waals surface area contributed by atoms with Crippen LogP contribution >= 0.6 is 11.8 Å². The molecule has 1 N–H and O–H groups in total. The van der Waals surface area contributed by atoms with Gasteiger partial charge in [-0.25, -0.2) is 0 Å². The second kappa shape index (κ2) is 6.28. The fraction of sp³-hybridized carbons (Fsp3) is 0.533. The summed E-state index contributed by atoms with van der Waals surface area (Å²) >= 11 is 1.85. The highest BCUT2D eigenvalue weighted by Gasteiger charge is 2.19. The monoisotopic (exact) mass is 262 g/mol. The minimum absolute atomic E-state index is 0.586. The molecule has 0 bridgehead atoms. The predicted octanol–water partition coefficient (Wildman–Crippen LogP) is 3.60. The van der Waals surface area contributed by atoms with Crippen molar-refractivity contribution < 1.29 is 0 Å². The highest BCUT2D eigenvalue weighted by molar-refractivity contribution is 8.13. The van der Waals surface area contributed by atoms with Crippen LogP contribution in [0.1, 0.15) is 31.4 Å². The maximum atomic E-state index is 4.70. The largest absolute Gasteiger partial charge is 0.362 e. The summed E-state index contributed by atoms with van der Waals surface area (Å²) < 4.78 is 0. The minimum Gasteiger partial charge on any atom is -0.362 e. The zero-order valence-corrected chi connectivity index (χ0v) is 12.3. The quantitative estimate of drug-likeness (QED) is 0.900. The third-order valence-electron chi connectivity index (χ3n) is 3.27. The normalized spacial score (nSPS) is 22.2. The maximum absolute atomic E-state index is 4.70. The number of rotatable bonds is 3. The van der Waals surface area contributed by atoms with E-state index in [0.717, 1.165) is 11.7 Å². The highest BCUT2D eigenvalue weighted by Crippen LogP contribution is 2.19. The number of aryl methyl sites for hydroxylation is 1. The molecule has 0 amide bonds. The Morgan fingerprint density at radius 1 is 1.44 bits per heavy atom. The molecule has 1 aliphatic rings. The molecular weight excluding hydrogens is 240 g/mol. The summed E-state index contributed by atoms with van der Waals surface area (Å²) in [5.41, 5.74) is 2.59. The van der Waals surface area contributed by atoms with E-state index in [9.17, 15) is 0 Å². The fourth-order valence-corrected chi connectivity index (χ4v) is 3.08. The van der Waals surface area contributed by atoms with Crippen molar-refractivity contribution >= 4 is 16.9 Å². The van der Waals surface area contributed by atoms with Gasteiger partial charge in [0, 0.05) is 11.8 Å². The molecule has 98 valence electrons. The molecule has 1 heterocycles. The third kappa shape index (κ3) is 3.77. The first-order chi connectivity index (χ1) is 8.65. The lowest BCUT2D eigenvalue weighted by atomic mass is 10.0. The van der Waals surface area contributed by atoms with Gasteiger partial charge in [-0.2, -0.15) is 0 Å². The molecule has 1 atom stereocenters. The van der Waals surface area contributed by atoms with Crippen molar-refractivity contribution in [1.82, 2.24) is 5.32 Å². The van der Waals surface area contributed by atoms with Gasteiger partial charge in [0.05, 0.1) is 6.54 Å². The molecule has 1 unspecified atom stereocenters. The fourth-order valence-electron chi connectivity index (χ4n) is 2.12. The average molecular weight is 262 g/mol. The molecule has 2 rings (SSSR count). The van der Waals surface area contributed by atoms with Crippen LogP contribution in [0.5, 0.6) is 0 Å². The SMILES string of the molecule is Cc1cccc(CN=C2NC(C(C)C)CCS2)c1. The zero-order chi connectivity index (χ0) is 13.0. The van der Waals surface area contributed by atoms with Crippen molar-refractivity contribution in [2.45, 2.75) is 39.8 Å². The van der Waals surface area contributed by atoms with Gasteiger partial charge in [0.15, 0.2) is 5.17 Å². The standard InChI is InChI=1S/C15H22N2S/c1-11(2)14-7-8-18-15(17-14)16-10-13-6-4-5-12(3)9-13/h4-6,9,11,14H,7-8,10H2,1-3H3,(H,16,17). The molecule has 2 nitrogen and oxygen atoms in total. The Morgan fingerprint density at radius 2 is 2.28 bits per heavy atom. The van der Waals surface area contributed by atoms with Crippen LogP contribution in [0.25, 0.3) is 0 Å². The lowest BCUT2D eigenvalue weighted by Crippen LogP contribution is -2.41. The van der Waals surface area contributed by atoms with Gasteiger partial charge in [-0.3, -0.25) is 4.99 Å². The highest BCUT2D eigenvalue weighted by atomic mass is 32.2. The number of amidine groups is 1. The van der Waals surface area contributed by atoms with Crippen LogP contribution in [-0.4, -0.2) is 17.0 Å². The number of nitrogens with one attached hydrogen (secondary N) is 1. The van der Waals surface area contributed by atoms with E-state index in [-0.39, 0.29) is 0 Å². The summed E-state index contributed by atoms with van der Waals surface area (Å²) in [5, 5.41) is 4.66. The summed E-state index contributed by atoms with van der Waals surface area (Å²) in [5.74, 6) is 1.86. The molecule has 1 aromatic rings. The van der Waals surface area contributed by atoms with E-state index in [1.165, 1.54) is 23.3 Å². The Balaban J connectivity index is 1.96. The predicted molar refractivity (Wildman–Crippen MR) is 81.2 cm³/mol. The number of thioether (sulfide) groups is 1. The van der Waals surface area contributed by atoms with Gasteiger partial charge >= 0.3 is 0 Å². The lowest BCUT2D eigenvalue weighted by Gasteiger charge is -2.28. The summed E-state index contributed by atoms with van der Waals surface area (Å²) in [6.45, 7) is 7.44. The first-order valence-corrected chi connectivity index (χ1v) is 7.63. The zero-order valence-electron chi connectivity index (χ0n) is 11.4. The second-order valence-electron chi connectivity index (χ2n) is 5.24. The number of benzene rings is 1. The Morgan fingerprint density at radius 3 is 3.00 bits per heavy atom. The first-order valence-electron chi connectivity index (χ1n) is 6.64. The molecule has 1 aromatic carbocycles. The van der Waals surface area contributed by atoms with Crippen LogP contribution in [0.15, 0.2) is 29.3 Å². The van der Waals surface area contributed by atoms with Crippen molar-refractivity contribution in [3.05, 3.63) is 35.4 Å². The molecule has 0 aliphatic carbocycles. The van der Waals surface area contributed by atoms with E-state index in [1.807, 2.05) is 11.8 Å². The number of hydrogen-bond acceptors (Lipinski definition) is 2. The van der Waals surface area contributed by atoms with Gasteiger partial charge in [0.1, 0.15) is 0 Å². The van der Waals surface area contributed by atoms with Crippen LogP contribution in [-0.2, 0) is 6.54 Å². The van der Waals surface area contributed by atoms with E-state index in [1.54, 1.807) is 0 Å². The van der Waals surface area contributed by atoms with Crippen molar-refractivity contribution in [3.8, 4) is 0 Å². The van der Waals surface area contributed by atoms with Gasteiger partial charge in [-0.15, -0.1) is 0 Å². The second-order valence-corrected chi connectivity index (χ2v) is 6.33. The van der Waals surface area contributed by atoms with Crippen LogP contribution in [0.2, 0.25) is 0 Å². The summed E-state index contributed by atoms with van der Waals surface area (Å²) in [6, 6.07) is 9.16. The third-order valence-corrected chi connectivity index (χ3v) is 4.23. The molecule has 1 fully saturated rings.